The van der Waals surface area contributed by atoms with Crippen molar-refractivity contribution in [3.05, 3.63) is 77.9 Å². The van der Waals surface area contributed by atoms with Crippen molar-refractivity contribution in [3.63, 3.8) is 0 Å². The molecule has 0 spiro atoms. The van der Waals surface area contributed by atoms with Gasteiger partial charge in [-0.25, -0.2) is 0 Å². The van der Waals surface area contributed by atoms with Crippen molar-refractivity contribution in [1.29, 1.82) is 0 Å². The fourth-order valence-electron chi connectivity index (χ4n) is 4.17. The van der Waals surface area contributed by atoms with Gasteiger partial charge in [-0.2, -0.15) is 0 Å². The van der Waals surface area contributed by atoms with Crippen LogP contribution in [-0.4, -0.2) is 30.6 Å². The standard InChI is InChI=1S/C26H24O5/c1-3-31-26(29)25-23(14-20(15-24(25)28)16-6-9-21(27)10-7-16)19-5-4-18-13-22(30-2)11-8-17(18)12-19/h4-13,15,23,25,27H,3,14H2,1-2H3/t23-,25-/m1/s1. The minimum absolute atomic E-state index is 0.164. The Labute approximate surface area is 180 Å². The monoisotopic (exact) mass is 416 g/mol. The lowest BCUT2D eigenvalue weighted by Crippen LogP contribution is -2.34. The van der Waals surface area contributed by atoms with Crippen LogP contribution in [-0.2, 0) is 14.3 Å². The van der Waals surface area contributed by atoms with Crippen LogP contribution in [0.4, 0.5) is 0 Å². The van der Waals surface area contributed by atoms with E-state index < -0.39 is 11.9 Å². The van der Waals surface area contributed by atoms with Gasteiger partial charge in [0.1, 0.15) is 17.4 Å². The Balaban J connectivity index is 1.76. The summed E-state index contributed by atoms with van der Waals surface area (Å²) >= 11 is 0. The third-order valence-electron chi connectivity index (χ3n) is 5.74. The van der Waals surface area contributed by atoms with Crippen LogP contribution < -0.4 is 4.74 Å². The molecule has 0 aromatic heterocycles. The number of esters is 1. The molecule has 5 nitrogen and oxygen atoms in total. The van der Waals surface area contributed by atoms with Gasteiger partial charge >= 0.3 is 5.97 Å². The molecule has 5 heteroatoms. The smallest absolute Gasteiger partial charge is 0.317 e. The number of methoxy groups -OCH3 is 1. The first kappa shape index (κ1) is 20.7. The van der Waals surface area contributed by atoms with E-state index in [1.807, 2.05) is 36.4 Å². The summed E-state index contributed by atoms with van der Waals surface area (Å²) < 4.78 is 10.5. The number of allylic oxidation sites excluding steroid dienone is 2. The number of hydrogen-bond donors (Lipinski definition) is 1. The molecule has 0 unspecified atom stereocenters. The van der Waals surface area contributed by atoms with Crippen molar-refractivity contribution in [3.8, 4) is 11.5 Å². The molecule has 0 radical (unpaired) electrons. The van der Waals surface area contributed by atoms with E-state index >= 15 is 0 Å². The number of carbonyl (C=O) groups excluding carboxylic acids is 2. The molecule has 2 atom stereocenters. The summed E-state index contributed by atoms with van der Waals surface area (Å²) in [5.41, 5.74) is 2.60. The van der Waals surface area contributed by atoms with Gasteiger partial charge in [-0.3, -0.25) is 9.59 Å². The molecule has 0 heterocycles. The average Bonchev–Trinajstić information content (AvgIpc) is 2.78. The molecule has 0 saturated heterocycles. The Bertz CT molecular complexity index is 1160. The summed E-state index contributed by atoms with van der Waals surface area (Å²) in [5, 5.41) is 11.6. The predicted octanol–water partition coefficient (Wildman–Crippen LogP) is 4.87. The molecule has 158 valence electrons. The molecule has 0 fully saturated rings. The van der Waals surface area contributed by atoms with Crippen LogP contribution in [0.15, 0.2) is 66.7 Å². The van der Waals surface area contributed by atoms with E-state index in [4.69, 9.17) is 9.47 Å². The zero-order valence-electron chi connectivity index (χ0n) is 17.5. The molecule has 0 amide bonds. The summed E-state index contributed by atoms with van der Waals surface area (Å²) in [6, 6.07) is 18.5. The molecule has 4 rings (SSSR count). The van der Waals surface area contributed by atoms with E-state index in [0.29, 0.717) is 6.42 Å². The van der Waals surface area contributed by atoms with Crippen molar-refractivity contribution < 1.29 is 24.2 Å². The summed E-state index contributed by atoms with van der Waals surface area (Å²) in [7, 11) is 1.63. The van der Waals surface area contributed by atoms with Crippen LogP contribution in [0.2, 0.25) is 0 Å². The predicted molar refractivity (Wildman–Crippen MR) is 119 cm³/mol. The number of phenols is 1. The number of benzene rings is 3. The van der Waals surface area contributed by atoms with Crippen LogP contribution in [0.3, 0.4) is 0 Å². The third kappa shape index (κ3) is 4.17. The Kier molecular flexibility index (Phi) is 5.76. The Morgan fingerprint density at radius 1 is 1.03 bits per heavy atom. The second kappa shape index (κ2) is 8.64. The lowest BCUT2D eigenvalue weighted by atomic mass is 9.73. The number of phenolic OH excluding ortho intramolecular Hbond substituents is 1. The first-order valence-electron chi connectivity index (χ1n) is 10.3. The van der Waals surface area contributed by atoms with Crippen LogP contribution >= 0.6 is 0 Å². The Hall–Kier alpha value is -3.60. The van der Waals surface area contributed by atoms with E-state index in [9.17, 15) is 14.7 Å². The fraction of sp³-hybridized carbons (Fsp3) is 0.231. The van der Waals surface area contributed by atoms with E-state index in [-0.39, 0.29) is 24.1 Å². The molecule has 31 heavy (non-hydrogen) atoms. The molecular weight excluding hydrogens is 392 g/mol. The van der Waals surface area contributed by atoms with Crippen molar-refractivity contribution >= 4 is 28.1 Å². The van der Waals surface area contributed by atoms with Gasteiger partial charge in [0.05, 0.1) is 13.7 Å². The van der Waals surface area contributed by atoms with Crippen molar-refractivity contribution in [1.82, 2.24) is 0 Å². The van der Waals surface area contributed by atoms with Gasteiger partial charge in [0.2, 0.25) is 0 Å². The number of fused-ring (bicyclic) bond motifs is 1. The minimum atomic E-state index is -0.878. The molecule has 1 aliphatic carbocycles. The van der Waals surface area contributed by atoms with Crippen LogP contribution in [0.25, 0.3) is 16.3 Å². The highest BCUT2D eigenvalue weighted by Gasteiger charge is 2.39. The second-order valence-corrected chi connectivity index (χ2v) is 7.63. The topological polar surface area (TPSA) is 72.8 Å². The highest BCUT2D eigenvalue weighted by Crippen LogP contribution is 2.41. The van der Waals surface area contributed by atoms with Gasteiger partial charge in [-0.1, -0.05) is 36.4 Å². The van der Waals surface area contributed by atoms with E-state index in [2.05, 4.69) is 0 Å². The van der Waals surface area contributed by atoms with Crippen LogP contribution in [0.1, 0.15) is 30.4 Å². The SMILES string of the molecule is CCOC(=O)[C@H]1C(=O)C=C(c2ccc(O)cc2)C[C@@H]1c1ccc2cc(OC)ccc2c1. The number of hydrogen-bond acceptors (Lipinski definition) is 5. The molecule has 3 aromatic carbocycles. The van der Waals surface area contributed by atoms with Crippen molar-refractivity contribution in [2.24, 2.45) is 5.92 Å². The van der Waals surface area contributed by atoms with Gasteiger partial charge in [0.25, 0.3) is 0 Å². The van der Waals surface area contributed by atoms with Gasteiger partial charge in [0, 0.05) is 5.92 Å². The van der Waals surface area contributed by atoms with Gasteiger partial charge < -0.3 is 14.6 Å². The molecule has 0 saturated carbocycles. The third-order valence-corrected chi connectivity index (χ3v) is 5.74. The number of rotatable bonds is 5. The van der Waals surface area contributed by atoms with Gasteiger partial charge in [-0.05, 0) is 71.2 Å². The molecule has 3 aromatic rings. The number of ether oxygens (including phenoxy) is 2. The largest absolute Gasteiger partial charge is 0.508 e. The quantitative estimate of drug-likeness (QED) is 0.474. The second-order valence-electron chi connectivity index (χ2n) is 7.63. The van der Waals surface area contributed by atoms with Gasteiger partial charge in [-0.15, -0.1) is 0 Å². The summed E-state index contributed by atoms with van der Waals surface area (Å²) in [6.07, 6.45) is 2.05. The summed E-state index contributed by atoms with van der Waals surface area (Å²) in [5.74, 6) is -1.03. The van der Waals surface area contributed by atoms with E-state index in [1.54, 1.807) is 38.3 Å². The molecule has 0 bridgehead atoms. The lowest BCUT2D eigenvalue weighted by Gasteiger charge is -2.29. The van der Waals surface area contributed by atoms with Crippen LogP contribution in [0, 0.1) is 5.92 Å². The molecule has 1 aliphatic rings. The summed E-state index contributed by atoms with van der Waals surface area (Å²) in [4.78, 5) is 25.8. The molecule has 0 aliphatic heterocycles. The van der Waals surface area contributed by atoms with E-state index in [0.717, 1.165) is 33.2 Å². The lowest BCUT2D eigenvalue weighted by molar-refractivity contribution is -0.151. The highest BCUT2D eigenvalue weighted by atomic mass is 16.5. The highest BCUT2D eigenvalue weighted by molar-refractivity contribution is 6.10. The number of carbonyl (C=O) groups is 2. The van der Waals surface area contributed by atoms with Gasteiger partial charge in [0.15, 0.2) is 5.78 Å². The maximum absolute atomic E-state index is 13.0. The zero-order chi connectivity index (χ0) is 22.0. The summed E-state index contributed by atoms with van der Waals surface area (Å²) in [6.45, 7) is 1.96. The maximum atomic E-state index is 13.0. The average molecular weight is 416 g/mol. The Morgan fingerprint density at radius 2 is 1.74 bits per heavy atom. The number of aromatic hydroxyl groups is 1. The minimum Gasteiger partial charge on any atom is -0.508 e. The normalized spacial score (nSPS) is 18.5. The van der Waals surface area contributed by atoms with Crippen molar-refractivity contribution in [2.75, 3.05) is 13.7 Å². The molecule has 1 N–H and O–H groups in total. The van der Waals surface area contributed by atoms with E-state index in [1.165, 1.54) is 6.08 Å². The zero-order valence-corrected chi connectivity index (χ0v) is 17.5. The van der Waals surface area contributed by atoms with Crippen LogP contribution in [0.5, 0.6) is 11.5 Å². The van der Waals surface area contributed by atoms with Crippen molar-refractivity contribution in [2.45, 2.75) is 19.3 Å². The first-order chi connectivity index (χ1) is 15.0. The molecular formula is C26H24O5. The Morgan fingerprint density at radius 3 is 2.45 bits per heavy atom. The maximum Gasteiger partial charge on any atom is 0.317 e. The first-order valence-corrected chi connectivity index (χ1v) is 10.3. The fourth-order valence-corrected chi connectivity index (χ4v) is 4.17. The number of ketones is 1.